The third-order valence-electron chi connectivity index (χ3n) is 4.07. The van der Waals surface area contributed by atoms with Gasteiger partial charge in [0.2, 0.25) is 0 Å². The first-order chi connectivity index (χ1) is 11.2. The van der Waals surface area contributed by atoms with Crippen molar-refractivity contribution in [2.45, 2.75) is 6.04 Å². The van der Waals surface area contributed by atoms with E-state index in [1.165, 1.54) is 0 Å². The Kier molecular flexibility index (Phi) is 3.59. The molecule has 0 aliphatic carbocycles. The van der Waals surface area contributed by atoms with E-state index in [9.17, 15) is 4.79 Å². The number of hydrogen-bond acceptors (Lipinski definition) is 3. The smallest absolute Gasteiger partial charge is 0.271 e. The van der Waals surface area contributed by atoms with Crippen LogP contribution in [-0.4, -0.2) is 35.5 Å². The molecule has 4 rings (SSSR count). The number of H-pyrrole nitrogens is 1. The van der Waals surface area contributed by atoms with Gasteiger partial charge in [-0.2, -0.15) is 0 Å². The van der Waals surface area contributed by atoms with Crippen LogP contribution in [0.25, 0.3) is 10.9 Å². The average Bonchev–Trinajstić information content (AvgIpc) is 3.23. The topological polar surface area (TPSA) is 58.5 Å². The minimum atomic E-state index is -0.207. The van der Waals surface area contributed by atoms with Crippen LogP contribution >= 0.6 is 11.6 Å². The zero-order valence-corrected chi connectivity index (χ0v) is 13.0. The molecule has 0 bridgehead atoms. The van der Waals surface area contributed by atoms with Crippen LogP contribution in [0.5, 0.6) is 0 Å². The number of rotatable bonds is 2. The highest BCUT2D eigenvalue weighted by atomic mass is 35.5. The van der Waals surface area contributed by atoms with Gasteiger partial charge in [0.1, 0.15) is 17.5 Å². The number of carbonyl (C=O) groups excluding carboxylic acids is 1. The largest absolute Gasteiger partial charge is 0.467 e. The first-order valence-corrected chi connectivity index (χ1v) is 7.80. The minimum Gasteiger partial charge on any atom is -0.467 e. The van der Waals surface area contributed by atoms with Crippen LogP contribution in [-0.2, 0) is 4.74 Å². The molecule has 118 valence electrons. The summed E-state index contributed by atoms with van der Waals surface area (Å²) in [5.74, 6) is 0.666. The standard InChI is InChI=1S/C17H15ClN2O3/c18-12-3-4-13-11(8-12)9-14(19-13)17(21)20-5-7-22-10-15(20)16-2-1-6-23-16/h1-4,6,8-9,15,19H,5,7,10H2. The predicted octanol–water partition coefficient (Wildman–Crippen LogP) is 3.63. The Morgan fingerprint density at radius 1 is 1.30 bits per heavy atom. The minimum absolute atomic E-state index is 0.0676. The first-order valence-electron chi connectivity index (χ1n) is 7.43. The fourth-order valence-electron chi connectivity index (χ4n) is 2.94. The molecular formula is C17H15ClN2O3. The maximum atomic E-state index is 12.9. The molecule has 5 nitrogen and oxygen atoms in total. The zero-order valence-electron chi connectivity index (χ0n) is 12.3. The fourth-order valence-corrected chi connectivity index (χ4v) is 3.12. The van der Waals surface area contributed by atoms with Crippen LogP contribution in [0.3, 0.4) is 0 Å². The lowest BCUT2D eigenvalue weighted by Crippen LogP contribution is -2.43. The van der Waals surface area contributed by atoms with Crippen molar-refractivity contribution >= 4 is 28.4 Å². The highest BCUT2D eigenvalue weighted by Gasteiger charge is 2.31. The molecule has 0 saturated carbocycles. The van der Waals surface area contributed by atoms with Gasteiger partial charge in [-0.15, -0.1) is 0 Å². The van der Waals surface area contributed by atoms with Crippen molar-refractivity contribution < 1.29 is 13.9 Å². The zero-order chi connectivity index (χ0) is 15.8. The number of morpholine rings is 1. The van der Waals surface area contributed by atoms with E-state index in [1.807, 2.05) is 30.3 Å². The van der Waals surface area contributed by atoms with E-state index in [0.717, 1.165) is 16.7 Å². The molecule has 0 radical (unpaired) electrons. The van der Waals surface area contributed by atoms with E-state index in [4.69, 9.17) is 20.8 Å². The number of fused-ring (bicyclic) bond motifs is 1. The molecule has 1 aliphatic rings. The molecule has 2 aromatic heterocycles. The fraction of sp³-hybridized carbons (Fsp3) is 0.235. The van der Waals surface area contributed by atoms with E-state index in [-0.39, 0.29) is 11.9 Å². The Labute approximate surface area is 137 Å². The van der Waals surface area contributed by atoms with E-state index in [1.54, 1.807) is 17.2 Å². The van der Waals surface area contributed by atoms with Crippen LogP contribution < -0.4 is 0 Å². The van der Waals surface area contributed by atoms with Gasteiger partial charge in [-0.25, -0.2) is 0 Å². The third-order valence-corrected chi connectivity index (χ3v) is 4.31. The van der Waals surface area contributed by atoms with Crippen molar-refractivity contribution in [3.63, 3.8) is 0 Å². The van der Waals surface area contributed by atoms with Crippen LogP contribution in [0, 0.1) is 0 Å². The van der Waals surface area contributed by atoms with Crippen LogP contribution in [0.4, 0.5) is 0 Å². The number of carbonyl (C=O) groups is 1. The molecule has 1 aliphatic heterocycles. The highest BCUT2D eigenvalue weighted by Crippen LogP contribution is 2.27. The molecule has 1 atom stereocenters. The number of aromatic nitrogens is 1. The molecule has 1 unspecified atom stereocenters. The lowest BCUT2D eigenvalue weighted by atomic mass is 10.1. The summed E-state index contributed by atoms with van der Waals surface area (Å²) in [5, 5.41) is 1.57. The van der Waals surface area contributed by atoms with Crippen LogP contribution in [0.2, 0.25) is 5.02 Å². The van der Waals surface area contributed by atoms with Gasteiger partial charge in [0.15, 0.2) is 0 Å². The van der Waals surface area contributed by atoms with Crippen molar-refractivity contribution in [3.8, 4) is 0 Å². The Balaban J connectivity index is 1.67. The molecule has 1 saturated heterocycles. The lowest BCUT2D eigenvalue weighted by Gasteiger charge is -2.34. The van der Waals surface area contributed by atoms with Gasteiger partial charge in [0, 0.05) is 22.5 Å². The molecule has 23 heavy (non-hydrogen) atoms. The number of ether oxygens (including phenoxy) is 1. The summed E-state index contributed by atoms with van der Waals surface area (Å²) in [4.78, 5) is 17.9. The number of benzene rings is 1. The summed E-state index contributed by atoms with van der Waals surface area (Å²) >= 11 is 6.01. The van der Waals surface area contributed by atoms with E-state index in [0.29, 0.717) is 30.5 Å². The second-order valence-electron chi connectivity index (χ2n) is 5.52. The van der Waals surface area contributed by atoms with E-state index >= 15 is 0 Å². The second-order valence-corrected chi connectivity index (χ2v) is 5.96. The summed E-state index contributed by atoms with van der Waals surface area (Å²) in [5.41, 5.74) is 1.43. The SMILES string of the molecule is O=C(c1cc2cc(Cl)ccc2[nH]1)N1CCOCC1c1ccco1. The maximum absolute atomic E-state index is 12.9. The summed E-state index contributed by atoms with van der Waals surface area (Å²) < 4.78 is 11.0. The molecule has 1 aromatic carbocycles. The lowest BCUT2D eigenvalue weighted by molar-refractivity contribution is -0.00900. The Hall–Kier alpha value is -2.24. The number of nitrogens with one attached hydrogen (secondary N) is 1. The molecule has 3 heterocycles. The van der Waals surface area contributed by atoms with Gasteiger partial charge in [-0.05, 0) is 36.4 Å². The van der Waals surface area contributed by atoms with Gasteiger partial charge < -0.3 is 19.0 Å². The third kappa shape index (κ3) is 2.62. The van der Waals surface area contributed by atoms with Crippen LogP contribution in [0.1, 0.15) is 22.3 Å². The van der Waals surface area contributed by atoms with Gasteiger partial charge in [0.25, 0.3) is 5.91 Å². The number of aromatic amines is 1. The van der Waals surface area contributed by atoms with Gasteiger partial charge in [0.05, 0.1) is 19.5 Å². The quantitative estimate of drug-likeness (QED) is 0.780. The number of halogens is 1. The number of nitrogens with zero attached hydrogens (tertiary/aromatic N) is 1. The molecule has 1 fully saturated rings. The Bertz CT molecular complexity index is 841. The van der Waals surface area contributed by atoms with Crippen molar-refractivity contribution in [1.82, 2.24) is 9.88 Å². The van der Waals surface area contributed by atoms with Gasteiger partial charge in [-0.3, -0.25) is 4.79 Å². The number of furan rings is 1. The molecule has 0 spiro atoms. The predicted molar refractivity (Wildman–Crippen MR) is 86.6 cm³/mol. The van der Waals surface area contributed by atoms with Crippen molar-refractivity contribution in [2.24, 2.45) is 0 Å². The second kappa shape index (κ2) is 5.76. The van der Waals surface area contributed by atoms with Crippen molar-refractivity contribution in [2.75, 3.05) is 19.8 Å². The molecule has 3 aromatic rings. The van der Waals surface area contributed by atoms with Crippen LogP contribution in [0.15, 0.2) is 47.1 Å². The number of hydrogen-bond donors (Lipinski definition) is 1. The molecule has 1 N–H and O–H groups in total. The monoisotopic (exact) mass is 330 g/mol. The summed E-state index contributed by atoms with van der Waals surface area (Å²) in [6, 6.07) is 10.8. The summed E-state index contributed by atoms with van der Waals surface area (Å²) in [7, 11) is 0. The Morgan fingerprint density at radius 2 is 2.22 bits per heavy atom. The van der Waals surface area contributed by atoms with Crippen molar-refractivity contribution in [3.05, 3.63) is 59.1 Å². The van der Waals surface area contributed by atoms with Gasteiger partial charge >= 0.3 is 0 Å². The average molecular weight is 331 g/mol. The normalized spacial score (nSPS) is 18.5. The highest BCUT2D eigenvalue weighted by molar-refractivity contribution is 6.31. The Morgan fingerprint density at radius 3 is 3.04 bits per heavy atom. The maximum Gasteiger partial charge on any atom is 0.271 e. The molecule has 1 amide bonds. The first kappa shape index (κ1) is 14.4. The molecular weight excluding hydrogens is 316 g/mol. The van der Waals surface area contributed by atoms with Crippen molar-refractivity contribution in [1.29, 1.82) is 0 Å². The summed E-state index contributed by atoms with van der Waals surface area (Å²) in [6.45, 7) is 1.49. The summed E-state index contributed by atoms with van der Waals surface area (Å²) in [6.07, 6.45) is 1.61. The van der Waals surface area contributed by atoms with E-state index < -0.39 is 0 Å². The molecule has 6 heteroatoms. The number of amides is 1. The van der Waals surface area contributed by atoms with E-state index in [2.05, 4.69) is 4.98 Å². The van der Waals surface area contributed by atoms with Gasteiger partial charge in [-0.1, -0.05) is 11.6 Å².